The van der Waals surface area contributed by atoms with Crippen molar-refractivity contribution in [2.45, 2.75) is 39.6 Å². The van der Waals surface area contributed by atoms with Crippen LogP contribution in [0.25, 0.3) is 0 Å². The summed E-state index contributed by atoms with van der Waals surface area (Å²) in [5.74, 6) is 0.411. The molecule has 0 amide bonds. The molecule has 144 valence electrons. The summed E-state index contributed by atoms with van der Waals surface area (Å²) in [5.41, 5.74) is 1.57. The molecule has 0 heterocycles. The van der Waals surface area contributed by atoms with Crippen molar-refractivity contribution in [2.24, 2.45) is 5.92 Å². The molecule has 0 N–H and O–H groups in total. The first-order valence-electron chi connectivity index (χ1n) is 8.72. The van der Waals surface area contributed by atoms with E-state index in [9.17, 15) is 4.79 Å². The second-order valence-electron chi connectivity index (χ2n) is 5.99. The molecule has 26 heavy (non-hydrogen) atoms. The van der Waals surface area contributed by atoms with E-state index in [0.717, 1.165) is 11.3 Å². The van der Waals surface area contributed by atoms with E-state index in [1.807, 2.05) is 37.3 Å². The van der Waals surface area contributed by atoms with Crippen molar-refractivity contribution >= 4 is 5.97 Å². The number of rotatable bonds is 11. The van der Waals surface area contributed by atoms with Gasteiger partial charge >= 0.3 is 5.97 Å². The third kappa shape index (κ3) is 6.65. The highest BCUT2D eigenvalue weighted by atomic mass is 16.5. The summed E-state index contributed by atoms with van der Waals surface area (Å²) in [7, 11) is 3.25. The number of hydrogen-bond acceptors (Lipinski definition) is 5. The number of methoxy groups -OCH3 is 2. The minimum Gasteiger partial charge on any atom is -0.497 e. The zero-order chi connectivity index (χ0) is 19.5. The number of ether oxygens (including phenoxy) is 4. The summed E-state index contributed by atoms with van der Waals surface area (Å²) < 4.78 is 21.8. The Morgan fingerprint density at radius 2 is 1.88 bits per heavy atom. The lowest BCUT2D eigenvalue weighted by Crippen LogP contribution is -2.34. The minimum absolute atomic E-state index is 0.0689. The van der Waals surface area contributed by atoms with Gasteiger partial charge in [0, 0.05) is 18.6 Å². The fourth-order valence-corrected chi connectivity index (χ4v) is 2.63. The molecule has 0 saturated carbocycles. The summed E-state index contributed by atoms with van der Waals surface area (Å²) >= 11 is 0. The SMILES string of the molecule is C=C[C@H](OC)[C@@H](OCc1ccc(OC)cc1)[C@H](C)/C=C(/C)C(=O)OCC. The van der Waals surface area contributed by atoms with Crippen molar-refractivity contribution < 1.29 is 23.7 Å². The molecule has 5 nitrogen and oxygen atoms in total. The molecule has 3 atom stereocenters. The Kier molecular flexibility index (Phi) is 9.70. The van der Waals surface area contributed by atoms with Gasteiger partial charge in [0.1, 0.15) is 11.9 Å². The summed E-state index contributed by atoms with van der Waals surface area (Å²) in [6.07, 6.45) is 2.98. The van der Waals surface area contributed by atoms with Crippen LogP contribution in [0.15, 0.2) is 48.6 Å². The number of hydrogen-bond donors (Lipinski definition) is 0. The van der Waals surface area contributed by atoms with Gasteiger partial charge in [0.25, 0.3) is 0 Å². The molecule has 0 aromatic heterocycles. The van der Waals surface area contributed by atoms with Crippen LogP contribution in [0.3, 0.4) is 0 Å². The second kappa shape index (κ2) is 11.5. The van der Waals surface area contributed by atoms with E-state index >= 15 is 0 Å². The van der Waals surface area contributed by atoms with Gasteiger partial charge in [0.05, 0.1) is 26.4 Å². The van der Waals surface area contributed by atoms with Gasteiger partial charge in [-0.2, -0.15) is 0 Å². The number of esters is 1. The van der Waals surface area contributed by atoms with Crippen LogP contribution < -0.4 is 4.74 Å². The summed E-state index contributed by atoms with van der Waals surface area (Å²) in [6.45, 7) is 10.1. The molecule has 0 unspecified atom stereocenters. The molecule has 0 spiro atoms. The van der Waals surface area contributed by atoms with Crippen LogP contribution in [0.5, 0.6) is 5.75 Å². The van der Waals surface area contributed by atoms with E-state index < -0.39 is 0 Å². The first kappa shape index (κ1) is 21.9. The van der Waals surface area contributed by atoms with Crippen LogP contribution in [0.4, 0.5) is 0 Å². The van der Waals surface area contributed by atoms with E-state index in [0.29, 0.717) is 18.8 Å². The zero-order valence-electron chi connectivity index (χ0n) is 16.4. The van der Waals surface area contributed by atoms with Gasteiger partial charge in [0.15, 0.2) is 0 Å². The maximum absolute atomic E-state index is 11.9. The van der Waals surface area contributed by atoms with Gasteiger partial charge < -0.3 is 18.9 Å². The standard InChI is InChI=1S/C21H30O5/c1-7-19(24-6)20(15(3)13-16(4)21(22)25-8-2)26-14-17-9-11-18(23-5)12-10-17/h7,9-13,15,19-20H,1,8,14H2,2-6H3/b16-13-/t15-,19+,20+/m1/s1. The van der Waals surface area contributed by atoms with Gasteiger partial charge in [-0.05, 0) is 31.5 Å². The first-order valence-corrected chi connectivity index (χ1v) is 8.72. The maximum atomic E-state index is 11.9. The van der Waals surface area contributed by atoms with Gasteiger partial charge in [-0.25, -0.2) is 4.79 Å². The molecule has 0 saturated heterocycles. The maximum Gasteiger partial charge on any atom is 0.333 e. The monoisotopic (exact) mass is 362 g/mol. The quantitative estimate of drug-likeness (QED) is 0.339. The number of benzene rings is 1. The Balaban J connectivity index is 2.87. The third-order valence-electron chi connectivity index (χ3n) is 4.06. The molecule has 1 aromatic carbocycles. The fraction of sp³-hybridized carbons (Fsp3) is 0.476. The molecule has 1 rings (SSSR count). The van der Waals surface area contributed by atoms with Crippen molar-refractivity contribution in [1.82, 2.24) is 0 Å². The largest absolute Gasteiger partial charge is 0.497 e. The molecule has 0 aliphatic rings. The van der Waals surface area contributed by atoms with Crippen molar-refractivity contribution in [1.29, 1.82) is 0 Å². The molecule has 1 aromatic rings. The molecular weight excluding hydrogens is 332 g/mol. The molecule has 5 heteroatoms. The molecule has 0 aliphatic heterocycles. The topological polar surface area (TPSA) is 54.0 Å². The predicted molar refractivity (Wildman–Crippen MR) is 102 cm³/mol. The number of carbonyl (C=O) groups excluding carboxylic acids is 1. The lowest BCUT2D eigenvalue weighted by molar-refractivity contribution is -0.138. The highest BCUT2D eigenvalue weighted by Gasteiger charge is 2.25. The summed E-state index contributed by atoms with van der Waals surface area (Å²) in [4.78, 5) is 11.9. The van der Waals surface area contributed by atoms with Gasteiger partial charge in [-0.1, -0.05) is 31.2 Å². The summed E-state index contributed by atoms with van der Waals surface area (Å²) in [5, 5.41) is 0. The molecular formula is C21H30O5. The zero-order valence-corrected chi connectivity index (χ0v) is 16.4. The Hall–Kier alpha value is -2.11. The average Bonchev–Trinajstić information content (AvgIpc) is 2.65. The lowest BCUT2D eigenvalue weighted by Gasteiger charge is -2.28. The highest BCUT2D eigenvalue weighted by molar-refractivity contribution is 5.87. The lowest BCUT2D eigenvalue weighted by atomic mass is 9.96. The Bertz CT molecular complexity index is 591. The Labute approximate surface area is 156 Å². The van der Waals surface area contributed by atoms with Crippen LogP contribution in [0.2, 0.25) is 0 Å². The molecule has 0 bridgehead atoms. The fourth-order valence-electron chi connectivity index (χ4n) is 2.63. The van der Waals surface area contributed by atoms with Crippen molar-refractivity contribution in [3.63, 3.8) is 0 Å². The smallest absolute Gasteiger partial charge is 0.333 e. The average molecular weight is 362 g/mol. The van der Waals surface area contributed by atoms with E-state index in [1.165, 1.54) is 0 Å². The Morgan fingerprint density at radius 3 is 2.38 bits per heavy atom. The molecule has 0 aliphatic carbocycles. The van der Waals surface area contributed by atoms with Crippen LogP contribution in [0, 0.1) is 5.92 Å². The minimum atomic E-state index is -0.319. The van der Waals surface area contributed by atoms with Gasteiger partial charge in [0.2, 0.25) is 0 Å². The molecule has 0 fully saturated rings. The highest BCUT2D eigenvalue weighted by Crippen LogP contribution is 2.21. The normalized spacial score (nSPS) is 15.0. The van der Waals surface area contributed by atoms with E-state index in [4.69, 9.17) is 18.9 Å². The summed E-state index contributed by atoms with van der Waals surface area (Å²) in [6, 6.07) is 7.69. The van der Waals surface area contributed by atoms with Gasteiger partial charge in [-0.15, -0.1) is 6.58 Å². The third-order valence-corrected chi connectivity index (χ3v) is 4.06. The van der Waals surface area contributed by atoms with Crippen molar-refractivity contribution in [3.05, 3.63) is 54.1 Å². The van der Waals surface area contributed by atoms with Crippen molar-refractivity contribution in [2.75, 3.05) is 20.8 Å². The Morgan fingerprint density at radius 1 is 1.23 bits per heavy atom. The second-order valence-corrected chi connectivity index (χ2v) is 5.99. The van der Waals surface area contributed by atoms with Crippen LogP contribution in [-0.4, -0.2) is 39.0 Å². The van der Waals surface area contributed by atoms with Crippen LogP contribution >= 0.6 is 0 Å². The van der Waals surface area contributed by atoms with E-state index in [1.54, 1.807) is 34.1 Å². The predicted octanol–water partition coefficient (Wildman–Crippen LogP) is 3.93. The van der Waals surface area contributed by atoms with Gasteiger partial charge in [-0.3, -0.25) is 0 Å². The first-order chi connectivity index (χ1) is 12.5. The van der Waals surface area contributed by atoms with E-state index in [2.05, 4.69) is 6.58 Å². The van der Waals surface area contributed by atoms with Crippen molar-refractivity contribution in [3.8, 4) is 5.75 Å². The molecule has 0 radical (unpaired) electrons. The van der Waals surface area contributed by atoms with Crippen LogP contribution in [0.1, 0.15) is 26.3 Å². The van der Waals surface area contributed by atoms with Crippen LogP contribution in [-0.2, 0) is 25.6 Å². The van der Waals surface area contributed by atoms with E-state index in [-0.39, 0.29) is 24.1 Å². The number of carbonyl (C=O) groups is 1.